The summed E-state index contributed by atoms with van der Waals surface area (Å²) in [5.74, 6) is -0.300. The third-order valence-electron chi connectivity index (χ3n) is 4.57. The first-order chi connectivity index (χ1) is 11.9. The molecule has 1 aromatic carbocycles. The largest absolute Gasteiger partial charge is 0.454 e. The van der Waals surface area contributed by atoms with E-state index in [0.717, 1.165) is 25.7 Å². The molecule has 0 amide bonds. The predicted molar refractivity (Wildman–Crippen MR) is 105 cm³/mol. The van der Waals surface area contributed by atoms with Crippen LogP contribution in [0.4, 0.5) is 0 Å². The molecule has 2 nitrogen and oxygen atoms in total. The van der Waals surface area contributed by atoms with Crippen molar-refractivity contribution in [1.82, 2.24) is 0 Å². The zero-order valence-corrected chi connectivity index (χ0v) is 16.3. The number of ether oxygens (including phenoxy) is 1. The molecule has 2 rings (SSSR count). The van der Waals surface area contributed by atoms with E-state index in [1.165, 1.54) is 22.3 Å². The molecule has 0 aliphatic heterocycles. The molecule has 1 aromatic rings. The van der Waals surface area contributed by atoms with E-state index in [9.17, 15) is 4.79 Å². The van der Waals surface area contributed by atoms with Gasteiger partial charge in [-0.25, -0.2) is 4.79 Å². The lowest BCUT2D eigenvalue weighted by molar-refractivity contribution is 0.0370. The van der Waals surface area contributed by atoms with Crippen molar-refractivity contribution >= 4 is 17.6 Å². The van der Waals surface area contributed by atoms with Crippen molar-refractivity contribution in [3.63, 3.8) is 0 Å². The fraction of sp³-hybridized carbons (Fsp3) is 0.409. The number of rotatable bonds is 2. The Hall–Kier alpha value is -1.80. The Kier molecular flexibility index (Phi) is 7.07. The summed E-state index contributed by atoms with van der Waals surface area (Å²) in [6.07, 6.45) is 7.99. The maximum absolute atomic E-state index is 12.6. The highest BCUT2D eigenvalue weighted by Crippen LogP contribution is 2.27. The summed E-state index contributed by atoms with van der Waals surface area (Å²) in [6, 6.07) is 6.84. The summed E-state index contributed by atoms with van der Waals surface area (Å²) in [7, 11) is 0. The number of benzene rings is 1. The molecular formula is C22H27ClO2. The standard InChI is InChI=1S/C22H27ClO2/c1-15(2)20-13-8-16(3)6-5-7-17(4)14-21(20)25-22(24)18-9-11-19(23)12-10-18/h7-12,21H,5-6,13-14H2,1-4H3/b16-8+,17-7+. The second-order valence-corrected chi connectivity index (χ2v) is 7.41. The molecule has 0 saturated heterocycles. The molecule has 3 heteroatoms. The van der Waals surface area contributed by atoms with Gasteiger partial charge in [0.2, 0.25) is 0 Å². The van der Waals surface area contributed by atoms with Gasteiger partial charge < -0.3 is 4.74 Å². The van der Waals surface area contributed by atoms with Crippen LogP contribution in [0.2, 0.25) is 5.02 Å². The molecule has 0 fully saturated rings. The maximum atomic E-state index is 12.6. The number of carbonyl (C=O) groups is 1. The van der Waals surface area contributed by atoms with E-state index in [-0.39, 0.29) is 12.1 Å². The van der Waals surface area contributed by atoms with Crippen LogP contribution in [0.3, 0.4) is 0 Å². The van der Waals surface area contributed by atoms with Crippen molar-refractivity contribution in [3.8, 4) is 0 Å². The van der Waals surface area contributed by atoms with Crippen molar-refractivity contribution in [2.24, 2.45) is 0 Å². The van der Waals surface area contributed by atoms with Gasteiger partial charge in [0.1, 0.15) is 6.10 Å². The van der Waals surface area contributed by atoms with E-state index >= 15 is 0 Å². The van der Waals surface area contributed by atoms with Crippen LogP contribution in [0.15, 0.2) is 58.7 Å². The van der Waals surface area contributed by atoms with E-state index in [1.54, 1.807) is 24.3 Å². The summed E-state index contributed by atoms with van der Waals surface area (Å²) < 4.78 is 5.92. The van der Waals surface area contributed by atoms with Crippen LogP contribution in [0, 0.1) is 0 Å². The van der Waals surface area contributed by atoms with Crippen molar-refractivity contribution < 1.29 is 9.53 Å². The molecule has 1 atom stereocenters. The maximum Gasteiger partial charge on any atom is 0.338 e. The van der Waals surface area contributed by atoms with E-state index < -0.39 is 0 Å². The lowest BCUT2D eigenvalue weighted by atomic mass is 9.92. The van der Waals surface area contributed by atoms with Crippen molar-refractivity contribution in [2.45, 2.75) is 59.5 Å². The molecule has 0 N–H and O–H groups in total. The van der Waals surface area contributed by atoms with Crippen LogP contribution >= 0.6 is 11.6 Å². The number of hydrogen-bond donors (Lipinski definition) is 0. The van der Waals surface area contributed by atoms with Crippen LogP contribution in [0.25, 0.3) is 0 Å². The van der Waals surface area contributed by atoms with Gasteiger partial charge in [-0.1, -0.05) is 40.5 Å². The van der Waals surface area contributed by atoms with Gasteiger partial charge in [0.25, 0.3) is 0 Å². The molecule has 0 aromatic heterocycles. The number of hydrogen-bond acceptors (Lipinski definition) is 2. The molecule has 25 heavy (non-hydrogen) atoms. The summed E-state index contributed by atoms with van der Waals surface area (Å²) >= 11 is 5.91. The predicted octanol–water partition coefficient (Wildman–Crippen LogP) is 6.67. The fourth-order valence-corrected chi connectivity index (χ4v) is 3.11. The normalized spacial score (nSPS) is 23.1. The lowest BCUT2D eigenvalue weighted by Crippen LogP contribution is -2.22. The monoisotopic (exact) mass is 358 g/mol. The third kappa shape index (κ3) is 5.89. The third-order valence-corrected chi connectivity index (χ3v) is 4.82. The molecule has 134 valence electrons. The van der Waals surface area contributed by atoms with Gasteiger partial charge in [0, 0.05) is 11.4 Å². The summed E-state index contributed by atoms with van der Waals surface area (Å²) in [6.45, 7) is 8.47. The Morgan fingerprint density at radius 2 is 1.76 bits per heavy atom. The molecule has 1 aliphatic rings. The number of esters is 1. The summed E-state index contributed by atoms with van der Waals surface area (Å²) in [5, 5.41) is 0.611. The average molecular weight is 359 g/mol. The highest BCUT2D eigenvalue weighted by Gasteiger charge is 2.21. The van der Waals surface area contributed by atoms with E-state index in [4.69, 9.17) is 16.3 Å². The minimum absolute atomic E-state index is 0.230. The molecule has 1 aliphatic carbocycles. The van der Waals surface area contributed by atoms with Crippen molar-refractivity contribution in [2.75, 3.05) is 0 Å². The molecule has 0 heterocycles. The van der Waals surface area contributed by atoms with E-state index in [1.807, 2.05) is 0 Å². The SMILES string of the molecule is CC(C)=C1C/C=C(\C)CC/C=C(\C)CC1OC(=O)c1ccc(Cl)cc1. The fourth-order valence-electron chi connectivity index (χ4n) is 2.99. The smallest absolute Gasteiger partial charge is 0.338 e. The minimum atomic E-state index is -0.300. The summed E-state index contributed by atoms with van der Waals surface area (Å²) in [4.78, 5) is 12.6. The highest BCUT2D eigenvalue weighted by atomic mass is 35.5. The van der Waals surface area contributed by atoms with Gasteiger partial charge in [-0.3, -0.25) is 0 Å². The molecule has 0 saturated carbocycles. The highest BCUT2D eigenvalue weighted by molar-refractivity contribution is 6.30. The lowest BCUT2D eigenvalue weighted by Gasteiger charge is -2.23. The Morgan fingerprint density at radius 1 is 1.08 bits per heavy atom. The van der Waals surface area contributed by atoms with Gasteiger partial charge in [-0.05, 0) is 76.8 Å². The second-order valence-electron chi connectivity index (χ2n) is 6.97. The Labute approximate surface area is 156 Å². The van der Waals surface area contributed by atoms with Gasteiger partial charge in [-0.15, -0.1) is 0 Å². The molecular weight excluding hydrogens is 332 g/mol. The molecule has 0 bridgehead atoms. The zero-order chi connectivity index (χ0) is 18.4. The molecule has 0 spiro atoms. The number of allylic oxidation sites excluding steroid dienone is 4. The van der Waals surface area contributed by atoms with Crippen LogP contribution in [0.1, 0.15) is 63.7 Å². The first-order valence-corrected chi connectivity index (χ1v) is 9.18. The number of halogens is 1. The molecule has 0 radical (unpaired) electrons. The van der Waals surface area contributed by atoms with Crippen LogP contribution in [0.5, 0.6) is 0 Å². The zero-order valence-electron chi connectivity index (χ0n) is 15.6. The van der Waals surface area contributed by atoms with Gasteiger partial charge in [0.05, 0.1) is 5.56 Å². The van der Waals surface area contributed by atoms with E-state index in [2.05, 4.69) is 39.8 Å². The van der Waals surface area contributed by atoms with Gasteiger partial charge in [0.15, 0.2) is 0 Å². The Balaban J connectivity index is 2.28. The minimum Gasteiger partial charge on any atom is -0.454 e. The van der Waals surface area contributed by atoms with Crippen molar-refractivity contribution in [1.29, 1.82) is 0 Å². The Morgan fingerprint density at radius 3 is 2.40 bits per heavy atom. The quantitative estimate of drug-likeness (QED) is 0.436. The first kappa shape index (κ1) is 19.5. The summed E-state index contributed by atoms with van der Waals surface area (Å²) in [5.41, 5.74) is 5.58. The van der Waals surface area contributed by atoms with Crippen LogP contribution in [-0.2, 0) is 4.74 Å². The second kappa shape index (κ2) is 9.05. The first-order valence-electron chi connectivity index (χ1n) is 8.81. The number of carbonyl (C=O) groups excluding carboxylic acids is 1. The average Bonchev–Trinajstić information content (AvgIpc) is 2.54. The van der Waals surface area contributed by atoms with Gasteiger partial charge in [-0.2, -0.15) is 0 Å². The Bertz CT molecular complexity index is 704. The van der Waals surface area contributed by atoms with Gasteiger partial charge >= 0.3 is 5.97 Å². The van der Waals surface area contributed by atoms with E-state index in [0.29, 0.717) is 10.6 Å². The van der Waals surface area contributed by atoms with Crippen LogP contribution in [-0.4, -0.2) is 12.1 Å². The topological polar surface area (TPSA) is 26.3 Å². The van der Waals surface area contributed by atoms with Crippen LogP contribution < -0.4 is 0 Å². The van der Waals surface area contributed by atoms with Crippen molar-refractivity contribution in [3.05, 3.63) is 69.3 Å². The molecule has 1 unspecified atom stereocenters.